The van der Waals surface area contributed by atoms with E-state index in [2.05, 4.69) is 10.3 Å². The van der Waals surface area contributed by atoms with Crippen molar-refractivity contribution in [3.63, 3.8) is 0 Å². The molecule has 3 aromatic rings. The smallest absolute Gasteiger partial charge is 0.326 e. The van der Waals surface area contributed by atoms with Crippen LogP contribution in [0.5, 0.6) is 11.5 Å². The number of aromatic hydroxyl groups is 1. The number of primary amides is 1. The third-order valence-corrected chi connectivity index (χ3v) is 5.13. The molecule has 0 unspecified atom stereocenters. The van der Waals surface area contributed by atoms with E-state index >= 15 is 0 Å². The molecule has 1 saturated carbocycles. The van der Waals surface area contributed by atoms with Gasteiger partial charge in [0.05, 0.1) is 34.6 Å². The fourth-order valence-corrected chi connectivity index (χ4v) is 3.47. The van der Waals surface area contributed by atoms with Gasteiger partial charge < -0.3 is 20.9 Å². The van der Waals surface area contributed by atoms with Crippen LogP contribution in [0.25, 0.3) is 10.9 Å². The Bertz CT molecular complexity index is 1160. The van der Waals surface area contributed by atoms with Gasteiger partial charge in [0, 0.05) is 29.8 Å². The van der Waals surface area contributed by atoms with E-state index in [9.17, 15) is 14.7 Å². The number of benzene rings is 2. The molecule has 3 amide bonds. The number of hydrogen-bond acceptors (Lipinski definition) is 5. The Morgan fingerprint density at radius 2 is 2.00 bits per heavy atom. The number of rotatable bonds is 5. The Hall–Kier alpha value is -3.52. The van der Waals surface area contributed by atoms with Crippen molar-refractivity contribution in [2.24, 2.45) is 5.73 Å². The number of nitrogens with two attached hydrogens (primary N) is 1. The minimum absolute atomic E-state index is 0.0216. The lowest BCUT2D eigenvalue weighted by Gasteiger charge is -2.26. The molecule has 4 N–H and O–H groups in total. The Balaban J connectivity index is 1.94. The highest BCUT2D eigenvalue weighted by Gasteiger charge is 2.29. The third kappa shape index (κ3) is 3.69. The number of phenolic OH excluding ortho intramolecular Hbond substituents is 1. The molecule has 1 heterocycles. The van der Waals surface area contributed by atoms with Gasteiger partial charge in [0.1, 0.15) is 11.5 Å². The Morgan fingerprint density at radius 3 is 2.63 bits per heavy atom. The van der Waals surface area contributed by atoms with Crippen LogP contribution in [0.15, 0.2) is 42.6 Å². The molecular weight excluding hydrogens is 408 g/mol. The standard InChI is InChI=1S/C21H19ClN4O4/c1-30-19-10-16-13(9-14(19)20(23)28)17(6-7-24-16)26(21(29)25-11-2-3-11)18-5-4-12(27)8-15(18)22/h4-11,27H,2-3H2,1H3,(H2,23,28)(H,25,29). The van der Waals surface area contributed by atoms with Crippen molar-refractivity contribution >= 4 is 45.8 Å². The van der Waals surface area contributed by atoms with E-state index in [0.29, 0.717) is 22.3 Å². The van der Waals surface area contributed by atoms with Gasteiger partial charge in [-0.25, -0.2) is 4.79 Å². The second kappa shape index (κ2) is 7.72. The fourth-order valence-electron chi connectivity index (χ4n) is 3.21. The van der Waals surface area contributed by atoms with Crippen LogP contribution in [0.1, 0.15) is 23.2 Å². The average molecular weight is 427 g/mol. The zero-order valence-corrected chi connectivity index (χ0v) is 16.8. The number of halogens is 1. The molecule has 0 bridgehead atoms. The van der Waals surface area contributed by atoms with Crippen molar-refractivity contribution in [2.75, 3.05) is 12.0 Å². The number of amides is 3. The van der Waals surface area contributed by atoms with E-state index in [1.807, 2.05) is 0 Å². The van der Waals surface area contributed by atoms with Gasteiger partial charge in [-0.1, -0.05) is 11.6 Å². The van der Waals surface area contributed by atoms with Crippen LogP contribution >= 0.6 is 11.6 Å². The summed E-state index contributed by atoms with van der Waals surface area (Å²) in [6, 6.07) is 8.86. The number of nitrogens with one attached hydrogen (secondary N) is 1. The number of fused-ring (bicyclic) bond motifs is 1. The molecule has 0 aliphatic heterocycles. The summed E-state index contributed by atoms with van der Waals surface area (Å²) in [5.74, 6) is -0.400. The minimum atomic E-state index is -0.666. The van der Waals surface area contributed by atoms with Crippen LogP contribution in [0.3, 0.4) is 0 Å². The second-order valence-electron chi connectivity index (χ2n) is 6.96. The van der Waals surface area contributed by atoms with Crippen molar-refractivity contribution in [1.29, 1.82) is 0 Å². The lowest BCUT2D eigenvalue weighted by Crippen LogP contribution is -2.38. The van der Waals surface area contributed by atoms with Crippen molar-refractivity contribution in [2.45, 2.75) is 18.9 Å². The zero-order chi connectivity index (χ0) is 21.4. The summed E-state index contributed by atoms with van der Waals surface area (Å²) in [5.41, 5.74) is 7.01. The maximum absolute atomic E-state index is 13.2. The highest BCUT2D eigenvalue weighted by molar-refractivity contribution is 6.34. The number of carbonyl (C=O) groups excluding carboxylic acids is 2. The molecule has 0 radical (unpaired) electrons. The van der Waals surface area contributed by atoms with Gasteiger partial charge >= 0.3 is 6.03 Å². The monoisotopic (exact) mass is 426 g/mol. The topological polar surface area (TPSA) is 118 Å². The Labute approximate surface area is 177 Å². The second-order valence-corrected chi connectivity index (χ2v) is 7.37. The van der Waals surface area contributed by atoms with Crippen molar-refractivity contribution in [3.05, 3.63) is 53.2 Å². The molecule has 154 valence electrons. The predicted octanol–water partition coefficient (Wildman–Crippen LogP) is 3.71. The molecule has 30 heavy (non-hydrogen) atoms. The van der Waals surface area contributed by atoms with E-state index in [0.717, 1.165) is 12.8 Å². The fraction of sp³-hybridized carbons (Fsp3) is 0.190. The number of ether oxygens (including phenoxy) is 1. The number of urea groups is 1. The summed E-state index contributed by atoms with van der Waals surface area (Å²) in [5, 5.41) is 13.4. The van der Waals surface area contributed by atoms with Crippen molar-refractivity contribution in [1.82, 2.24) is 10.3 Å². The third-order valence-electron chi connectivity index (χ3n) is 4.83. The van der Waals surface area contributed by atoms with E-state index in [4.69, 9.17) is 22.1 Å². The minimum Gasteiger partial charge on any atom is -0.508 e. The summed E-state index contributed by atoms with van der Waals surface area (Å²) >= 11 is 6.36. The van der Waals surface area contributed by atoms with Crippen molar-refractivity contribution in [3.8, 4) is 11.5 Å². The predicted molar refractivity (Wildman–Crippen MR) is 114 cm³/mol. The number of aromatic nitrogens is 1. The molecule has 8 nitrogen and oxygen atoms in total. The van der Waals surface area contributed by atoms with Crippen LogP contribution in [0.4, 0.5) is 16.2 Å². The van der Waals surface area contributed by atoms with E-state index < -0.39 is 5.91 Å². The van der Waals surface area contributed by atoms with Gasteiger partial charge in [0.15, 0.2) is 0 Å². The summed E-state index contributed by atoms with van der Waals surface area (Å²) < 4.78 is 5.26. The molecule has 1 aliphatic rings. The Morgan fingerprint density at radius 1 is 1.23 bits per heavy atom. The Kier molecular flexibility index (Phi) is 5.09. The van der Waals surface area contributed by atoms with Crippen LogP contribution in [-0.2, 0) is 0 Å². The molecular formula is C21H19ClN4O4. The van der Waals surface area contributed by atoms with Crippen LogP contribution in [-0.4, -0.2) is 35.2 Å². The first-order valence-electron chi connectivity index (χ1n) is 9.24. The first-order chi connectivity index (χ1) is 14.4. The number of anilines is 2. The van der Waals surface area contributed by atoms with Crippen LogP contribution in [0.2, 0.25) is 5.02 Å². The SMILES string of the molecule is COc1cc2nccc(N(C(=O)NC3CC3)c3ccc(O)cc3Cl)c2cc1C(N)=O. The number of pyridine rings is 1. The van der Waals surface area contributed by atoms with Crippen LogP contribution in [0, 0.1) is 0 Å². The number of hydrogen-bond donors (Lipinski definition) is 3. The number of carbonyl (C=O) groups is 2. The molecule has 1 fully saturated rings. The summed E-state index contributed by atoms with van der Waals surface area (Å²) in [6.45, 7) is 0. The van der Waals surface area contributed by atoms with Crippen molar-refractivity contribution < 1.29 is 19.4 Å². The average Bonchev–Trinajstić information content (AvgIpc) is 3.52. The quantitative estimate of drug-likeness (QED) is 0.574. The number of nitrogens with zero attached hydrogens (tertiary/aromatic N) is 2. The molecule has 4 rings (SSSR count). The largest absolute Gasteiger partial charge is 0.508 e. The number of methoxy groups -OCH3 is 1. The van der Waals surface area contributed by atoms with Gasteiger partial charge in [-0.15, -0.1) is 0 Å². The molecule has 2 aromatic carbocycles. The van der Waals surface area contributed by atoms with E-state index in [1.165, 1.54) is 24.1 Å². The normalized spacial score (nSPS) is 13.1. The van der Waals surface area contributed by atoms with Crippen LogP contribution < -0.4 is 20.7 Å². The van der Waals surface area contributed by atoms with Gasteiger partial charge in [-0.3, -0.25) is 14.7 Å². The lowest BCUT2D eigenvalue weighted by molar-refractivity contribution is 0.0997. The van der Waals surface area contributed by atoms with Gasteiger partial charge in [-0.05, 0) is 37.1 Å². The molecule has 9 heteroatoms. The molecule has 1 aliphatic carbocycles. The summed E-state index contributed by atoms with van der Waals surface area (Å²) in [7, 11) is 1.43. The van der Waals surface area contributed by atoms with E-state index in [1.54, 1.807) is 30.5 Å². The van der Waals surface area contributed by atoms with Gasteiger partial charge in [0.2, 0.25) is 0 Å². The summed E-state index contributed by atoms with van der Waals surface area (Å²) in [6.07, 6.45) is 3.36. The van der Waals surface area contributed by atoms with Gasteiger partial charge in [-0.2, -0.15) is 0 Å². The molecule has 0 saturated heterocycles. The zero-order valence-electron chi connectivity index (χ0n) is 16.1. The molecule has 1 aromatic heterocycles. The first-order valence-corrected chi connectivity index (χ1v) is 9.62. The maximum atomic E-state index is 13.2. The lowest BCUT2D eigenvalue weighted by atomic mass is 10.1. The van der Waals surface area contributed by atoms with Gasteiger partial charge in [0.25, 0.3) is 5.91 Å². The molecule has 0 spiro atoms. The molecule has 0 atom stereocenters. The number of phenols is 1. The highest BCUT2D eigenvalue weighted by Crippen LogP contribution is 2.39. The maximum Gasteiger partial charge on any atom is 0.326 e. The van der Waals surface area contributed by atoms with E-state index in [-0.39, 0.29) is 34.2 Å². The first kappa shape index (κ1) is 19.8. The summed E-state index contributed by atoms with van der Waals surface area (Å²) in [4.78, 5) is 30.8. The highest BCUT2D eigenvalue weighted by atomic mass is 35.5.